The van der Waals surface area contributed by atoms with E-state index in [1.165, 1.54) is 31.2 Å². The number of nitrogens with zero attached hydrogens (tertiary/aromatic N) is 1. The highest BCUT2D eigenvalue weighted by molar-refractivity contribution is 6.74. The molecule has 0 spiro atoms. The van der Waals surface area contributed by atoms with Gasteiger partial charge in [-0.15, -0.1) is 0 Å². The van der Waals surface area contributed by atoms with Gasteiger partial charge >= 0.3 is 18.1 Å². The van der Waals surface area contributed by atoms with Gasteiger partial charge in [-0.2, -0.15) is 0 Å². The fourth-order valence-electron chi connectivity index (χ4n) is 12.0. The molecule has 2 aromatic rings. The Morgan fingerprint density at radius 1 is 0.853 bits per heavy atom. The van der Waals surface area contributed by atoms with Crippen LogP contribution in [0.15, 0.2) is 65.7 Å². The second-order valence-corrected chi connectivity index (χ2v) is 31.5. The van der Waals surface area contributed by atoms with E-state index in [1.807, 2.05) is 33.9 Å². The average molecular weight is 995 g/mol. The van der Waals surface area contributed by atoms with E-state index >= 15 is 9.59 Å². The van der Waals surface area contributed by atoms with Gasteiger partial charge in [0.25, 0.3) is 5.69 Å². The van der Waals surface area contributed by atoms with E-state index in [9.17, 15) is 19.7 Å². The lowest BCUT2D eigenvalue weighted by molar-refractivity contribution is -0.384. The first-order valence-corrected chi connectivity index (χ1v) is 31.8. The number of fused-ring (bicyclic) bond motifs is 5. The van der Waals surface area contributed by atoms with Crippen LogP contribution in [0.2, 0.25) is 49.4 Å². The molecular formula is C50H72NO14Si3. The van der Waals surface area contributed by atoms with Crippen LogP contribution in [0.5, 0.6) is 5.75 Å². The highest BCUT2D eigenvalue weighted by Gasteiger charge is 2.79. The maximum Gasteiger partial charge on any atom is 0.514 e. The maximum absolute atomic E-state index is 16.7. The summed E-state index contributed by atoms with van der Waals surface area (Å²) in [6.45, 7) is 25.4. The number of hydrogen-bond donors (Lipinski definition) is 0. The zero-order chi connectivity index (χ0) is 50.2. The number of esters is 2. The van der Waals surface area contributed by atoms with Crippen molar-refractivity contribution >= 4 is 55.2 Å². The minimum absolute atomic E-state index is 0.0213. The molecule has 9 atom stereocenters. The van der Waals surface area contributed by atoms with Crippen LogP contribution in [0.1, 0.15) is 99.4 Å². The minimum Gasteiger partial charge on any atom is -0.455 e. The Morgan fingerprint density at radius 3 is 1.93 bits per heavy atom. The summed E-state index contributed by atoms with van der Waals surface area (Å²) in [5.41, 5.74) is -4.91. The number of ketones is 1. The van der Waals surface area contributed by atoms with Crippen LogP contribution < -0.4 is 4.74 Å². The van der Waals surface area contributed by atoms with Crippen LogP contribution in [0.25, 0.3) is 0 Å². The largest absolute Gasteiger partial charge is 0.514 e. The molecule has 2 aromatic carbocycles. The van der Waals surface area contributed by atoms with Crippen molar-refractivity contribution < 1.29 is 61.1 Å². The number of non-ortho nitro benzene ring substituents is 1. The molecule has 1 aliphatic heterocycles. The molecule has 2 saturated carbocycles. The monoisotopic (exact) mass is 994 g/mol. The van der Waals surface area contributed by atoms with Gasteiger partial charge in [0.2, 0.25) is 9.04 Å². The van der Waals surface area contributed by atoms with Crippen molar-refractivity contribution in [3.05, 3.63) is 81.4 Å². The lowest BCUT2D eigenvalue weighted by Gasteiger charge is -2.69. The molecule has 2 bridgehead atoms. The molecule has 1 heterocycles. The number of Topliss-reactive ketones (excluding diaryl/α,β-unsaturated/α-hetero) is 1. The molecule has 3 fully saturated rings. The summed E-state index contributed by atoms with van der Waals surface area (Å²) in [6.07, 6.45) is -6.21. The first kappa shape index (κ1) is 53.3. The van der Waals surface area contributed by atoms with Crippen LogP contribution in [0.3, 0.4) is 0 Å². The standard InChI is InChI=1S/C50H72NO14Si3/c1-14-67(15-2,16-3)63-37-30-50(65-66(12)13)44(61-45(54)34-23-21-20-22-24-34)42-48(11,43(53)41(59-33(8)52)40(32(37)7)47(50,9)10)38(64-68(17-4,18-5)19-6)29-39-49(42,31-58-39)62-46(55)60-36-27-25-35(26-28-36)51(56)57/h20-28,37-39,41-42,44H,14-19,29-31H2,1-13H3/t37-,38-,39+,41+,42-,44-,48+,49-,50+/m0/s1. The highest BCUT2D eigenvalue weighted by Crippen LogP contribution is 2.66. The average Bonchev–Trinajstić information content (AvgIpc) is 3.30. The summed E-state index contributed by atoms with van der Waals surface area (Å²) in [6, 6.07) is 18.3. The van der Waals surface area contributed by atoms with Crippen LogP contribution in [-0.2, 0) is 41.8 Å². The summed E-state index contributed by atoms with van der Waals surface area (Å²) < 4.78 is 55.0. The van der Waals surface area contributed by atoms with Crippen molar-refractivity contribution in [1.29, 1.82) is 0 Å². The first-order chi connectivity index (χ1) is 32.0. The van der Waals surface area contributed by atoms with E-state index in [2.05, 4.69) is 41.5 Å². The van der Waals surface area contributed by atoms with E-state index in [1.54, 1.807) is 37.3 Å². The Morgan fingerprint density at radius 2 is 1.43 bits per heavy atom. The molecule has 0 N–H and O–H groups in total. The Bertz CT molecular complexity index is 2210. The Hall–Kier alpha value is -4.05. The van der Waals surface area contributed by atoms with Crippen LogP contribution in [0.4, 0.5) is 10.5 Å². The molecule has 15 nitrogen and oxygen atoms in total. The number of hydrogen-bond acceptors (Lipinski definition) is 14. The number of nitro groups is 1. The fourth-order valence-corrected chi connectivity index (χ4v) is 19.0. The molecule has 0 aromatic heterocycles. The summed E-state index contributed by atoms with van der Waals surface area (Å²) in [4.78, 5) is 70.8. The van der Waals surface area contributed by atoms with Crippen molar-refractivity contribution in [3.63, 3.8) is 0 Å². The summed E-state index contributed by atoms with van der Waals surface area (Å²) in [5.74, 6) is -3.15. The Balaban J connectivity index is 1.74. The van der Waals surface area contributed by atoms with Gasteiger partial charge in [0, 0.05) is 37.3 Å². The second kappa shape index (κ2) is 20.4. The zero-order valence-corrected chi connectivity index (χ0v) is 45.2. The minimum atomic E-state index is -2.62. The quantitative estimate of drug-likeness (QED) is 0.0261. The maximum atomic E-state index is 16.7. The normalized spacial score (nSPS) is 29.9. The fraction of sp³-hybridized carbons (Fsp3) is 0.640. The summed E-state index contributed by atoms with van der Waals surface area (Å²) >= 11 is 0. The SMILES string of the molecule is CC[Si](CC)(CC)O[C@H]1C[C@@]2(O[Si](C)C)[C@@H](OC(=O)c3ccccc3)[C@@H]3[C@]4(OC(=O)Oc5ccc([N+](=O)[O-])cc5)CO[C@@H]4C[C@H](O[Si](CC)(CC)CC)[C@@]3(C)C(=O)[C@H](OC(C)=O)C(=C1C)C2(C)C. The van der Waals surface area contributed by atoms with E-state index in [0.717, 1.165) is 41.8 Å². The van der Waals surface area contributed by atoms with Gasteiger partial charge in [0.1, 0.15) is 23.6 Å². The van der Waals surface area contributed by atoms with Crippen molar-refractivity contribution in [2.45, 2.75) is 180 Å². The molecule has 1 radical (unpaired) electrons. The van der Waals surface area contributed by atoms with E-state index in [-0.39, 0.29) is 36.4 Å². The first-order valence-electron chi connectivity index (χ1n) is 24.3. The van der Waals surface area contributed by atoms with Crippen molar-refractivity contribution in [1.82, 2.24) is 0 Å². The number of nitro benzene ring substituents is 1. The molecule has 373 valence electrons. The number of benzene rings is 2. The highest BCUT2D eigenvalue weighted by atomic mass is 28.4. The van der Waals surface area contributed by atoms with Gasteiger partial charge < -0.3 is 37.0 Å². The zero-order valence-electron chi connectivity index (χ0n) is 42.2. The van der Waals surface area contributed by atoms with Crippen LogP contribution >= 0.6 is 0 Å². The molecule has 0 amide bonds. The van der Waals surface area contributed by atoms with E-state index in [4.69, 9.17) is 37.0 Å². The molecule has 4 aliphatic rings. The van der Waals surface area contributed by atoms with Crippen LogP contribution in [0, 0.1) is 26.9 Å². The number of rotatable bonds is 18. The van der Waals surface area contributed by atoms with Gasteiger partial charge in [0.05, 0.1) is 40.6 Å². The lowest BCUT2D eigenvalue weighted by Crippen LogP contribution is -2.83. The number of carbonyl (C=O) groups is 4. The smallest absolute Gasteiger partial charge is 0.455 e. The number of ether oxygens (including phenoxy) is 5. The van der Waals surface area contributed by atoms with E-state index < -0.39 is 113 Å². The van der Waals surface area contributed by atoms with Crippen molar-refractivity contribution in [2.75, 3.05) is 6.61 Å². The van der Waals surface area contributed by atoms with Crippen molar-refractivity contribution in [2.24, 2.45) is 16.7 Å². The predicted octanol–water partition coefficient (Wildman–Crippen LogP) is 10.5. The number of carbonyl (C=O) groups excluding carboxylic acids is 4. The molecule has 68 heavy (non-hydrogen) atoms. The molecule has 1 saturated heterocycles. The van der Waals surface area contributed by atoms with Gasteiger partial charge in [-0.3, -0.25) is 19.7 Å². The summed E-state index contributed by atoms with van der Waals surface area (Å²) in [5, 5.41) is 11.5. The molecule has 18 heteroatoms. The van der Waals surface area contributed by atoms with Crippen molar-refractivity contribution in [3.8, 4) is 5.75 Å². The topological polar surface area (TPSA) is 185 Å². The predicted molar refractivity (Wildman–Crippen MR) is 262 cm³/mol. The third-order valence-corrected chi connectivity index (χ3v) is 26.4. The second-order valence-electron chi connectivity index (χ2n) is 20.0. The Labute approximate surface area is 405 Å². The third-order valence-electron chi connectivity index (χ3n) is 16.3. The van der Waals surface area contributed by atoms with Gasteiger partial charge in [-0.05, 0) is 98.6 Å². The van der Waals surface area contributed by atoms with Gasteiger partial charge in [-0.1, -0.05) is 73.6 Å². The Kier molecular flexibility index (Phi) is 16.0. The lowest BCUT2D eigenvalue weighted by atomic mass is 9.44. The van der Waals surface area contributed by atoms with Gasteiger partial charge in [-0.25, -0.2) is 9.59 Å². The summed E-state index contributed by atoms with van der Waals surface area (Å²) in [7, 11) is -6.85. The molecule has 6 rings (SSSR count). The van der Waals surface area contributed by atoms with Gasteiger partial charge in [0.15, 0.2) is 34.1 Å². The molecule has 3 aliphatic carbocycles. The van der Waals surface area contributed by atoms with E-state index in [0.29, 0.717) is 5.57 Å². The van der Waals surface area contributed by atoms with Crippen LogP contribution in [-0.4, -0.2) is 103 Å². The molecular weight excluding hydrogens is 923 g/mol. The molecule has 0 unspecified atom stereocenters. The third kappa shape index (κ3) is 9.22.